The van der Waals surface area contributed by atoms with Crippen molar-refractivity contribution in [2.75, 3.05) is 26.1 Å². The second-order valence-electron chi connectivity index (χ2n) is 5.36. The number of hydrazine groups is 1. The molecule has 0 radical (unpaired) electrons. The van der Waals surface area contributed by atoms with Crippen molar-refractivity contribution >= 4 is 27.5 Å². The molecule has 0 spiro atoms. The number of rotatable bonds is 6. The smallest absolute Gasteiger partial charge is 0.269 e. The van der Waals surface area contributed by atoms with E-state index < -0.39 is 27.3 Å². The largest absolute Gasteiger partial charge is 0.497 e. The number of carbonyl (C=O) groups excluding carboxylic acids is 1. The van der Waals surface area contributed by atoms with Gasteiger partial charge in [0.15, 0.2) is 5.82 Å². The number of carbonyl (C=O) groups is 1. The lowest BCUT2D eigenvalue weighted by molar-refractivity contribution is 0.0722. The molecule has 0 aromatic heterocycles. The Bertz CT molecular complexity index is 707. The fourth-order valence-electron chi connectivity index (χ4n) is 2.30. The molecule has 24 heavy (non-hydrogen) atoms. The highest BCUT2D eigenvalue weighted by Gasteiger charge is 2.23. The van der Waals surface area contributed by atoms with Gasteiger partial charge >= 0.3 is 0 Å². The Morgan fingerprint density at radius 2 is 2.08 bits per heavy atom. The maximum absolute atomic E-state index is 13.9. The third kappa shape index (κ3) is 5.04. The van der Waals surface area contributed by atoms with E-state index in [2.05, 4.69) is 0 Å². The molecule has 2 N–H and O–H groups in total. The molecular formula is C14H18ClFN2O5S. The van der Waals surface area contributed by atoms with Crippen LogP contribution in [0.5, 0.6) is 5.75 Å². The molecule has 2 rings (SSSR count). The molecule has 1 amide bonds. The number of benzene rings is 1. The van der Waals surface area contributed by atoms with Gasteiger partial charge in [-0.3, -0.25) is 10.2 Å². The van der Waals surface area contributed by atoms with E-state index in [9.17, 15) is 17.6 Å². The van der Waals surface area contributed by atoms with Crippen LogP contribution < -0.4 is 15.0 Å². The average Bonchev–Trinajstić information content (AvgIpc) is 2.55. The van der Waals surface area contributed by atoms with E-state index in [1.54, 1.807) is 0 Å². The fraction of sp³-hybridized carbons (Fsp3) is 0.500. The van der Waals surface area contributed by atoms with E-state index in [4.69, 9.17) is 21.1 Å². The molecule has 1 heterocycles. The monoisotopic (exact) mass is 380 g/mol. The summed E-state index contributed by atoms with van der Waals surface area (Å²) in [5.41, 5.74) is 1.56. The van der Waals surface area contributed by atoms with Crippen molar-refractivity contribution in [2.45, 2.75) is 12.8 Å². The Morgan fingerprint density at radius 1 is 1.42 bits per heavy atom. The average molecular weight is 381 g/mol. The minimum Gasteiger partial charge on any atom is -0.497 e. The van der Waals surface area contributed by atoms with Gasteiger partial charge in [0.25, 0.3) is 5.91 Å². The molecule has 0 unspecified atom stereocenters. The van der Waals surface area contributed by atoms with Crippen LogP contribution in [-0.2, 0) is 14.8 Å². The van der Waals surface area contributed by atoms with E-state index >= 15 is 0 Å². The number of methoxy groups -OCH3 is 1. The van der Waals surface area contributed by atoms with Crippen LogP contribution in [0.4, 0.5) is 4.39 Å². The van der Waals surface area contributed by atoms with Crippen molar-refractivity contribution in [1.29, 1.82) is 0 Å². The van der Waals surface area contributed by atoms with Gasteiger partial charge in [-0.15, -0.1) is 4.83 Å². The van der Waals surface area contributed by atoms with E-state index in [1.165, 1.54) is 13.2 Å². The second-order valence-corrected chi connectivity index (χ2v) is 7.54. The summed E-state index contributed by atoms with van der Waals surface area (Å²) in [5, 5.41) is -0.301. The molecule has 0 bridgehead atoms. The van der Waals surface area contributed by atoms with Crippen LogP contribution in [0.15, 0.2) is 12.1 Å². The Kier molecular flexibility index (Phi) is 6.39. The summed E-state index contributed by atoms with van der Waals surface area (Å²) in [4.78, 5) is 14.0. The Balaban J connectivity index is 2.00. The molecule has 0 saturated carbocycles. The standard InChI is InChI=1S/C14H18ClFN2O5S/c1-22-10-6-11(13(16)12(15)7-10)14(19)17-18-24(20,21)8-9-2-4-23-5-3-9/h6-7,9,18H,2-5,8H2,1H3,(H,17,19). The van der Waals surface area contributed by atoms with Crippen LogP contribution >= 0.6 is 11.6 Å². The zero-order valence-electron chi connectivity index (χ0n) is 13.0. The van der Waals surface area contributed by atoms with Crippen molar-refractivity contribution in [1.82, 2.24) is 10.3 Å². The lowest BCUT2D eigenvalue weighted by atomic mass is 10.0. The minimum absolute atomic E-state index is 0.0452. The quantitative estimate of drug-likeness (QED) is 0.729. The molecule has 7 nitrogen and oxygen atoms in total. The molecular weight excluding hydrogens is 363 g/mol. The second kappa shape index (κ2) is 8.11. The molecule has 0 aliphatic carbocycles. The van der Waals surface area contributed by atoms with Gasteiger partial charge in [0.05, 0.1) is 23.4 Å². The van der Waals surface area contributed by atoms with Gasteiger partial charge in [-0.2, -0.15) is 0 Å². The summed E-state index contributed by atoms with van der Waals surface area (Å²) in [6.45, 7) is 1.03. The van der Waals surface area contributed by atoms with Crippen LogP contribution in [0.2, 0.25) is 5.02 Å². The van der Waals surface area contributed by atoms with Crippen molar-refractivity contribution in [3.8, 4) is 5.75 Å². The maximum Gasteiger partial charge on any atom is 0.269 e. The van der Waals surface area contributed by atoms with E-state index in [0.29, 0.717) is 26.1 Å². The summed E-state index contributed by atoms with van der Waals surface area (Å²) in [6.07, 6.45) is 1.27. The summed E-state index contributed by atoms with van der Waals surface area (Å²) in [6, 6.07) is 2.34. The number of sulfonamides is 1. The first-order valence-corrected chi connectivity index (χ1v) is 9.26. The SMILES string of the molecule is COc1cc(Cl)c(F)c(C(=O)NNS(=O)(=O)CC2CCOCC2)c1. The third-order valence-corrected chi connectivity index (χ3v) is 5.20. The van der Waals surface area contributed by atoms with Gasteiger partial charge in [0, 0.05) is 19.3 Å². The molecule has 1 saturated heterocycles. The highest BCUT2D eigenvalue weighted by Crippen LogP contribution is 2.25. The maximum atomic E-state index is 13.9. The number of hydrogen-bond donors (Lipinski definition) is 2. The van der Waals surface area contributed by atoms with Crippen LogP contribution in [-0.4, -0.2) is 40.4 Å². The van der Waals surface area contributed by atoms with Gasteiger partial charge in [0.1, 0.15) is 5.75 Å². The summed E-state index contributed by atoms with van der Waals surface area (Å²) >= 11 is 5.68. The molecule has 1 aromatic carbocycles. The summed E-state index contributed by atoms with van der Waals surface area (Å²) < 4.78 is 48.0. The van der Waals surface area contributed by atoms with Gasteiger partial charge in [-0.25, -0.2) is 12.8 Å². The Labute approximate surface area is 144 Å². The normalized spacial score (nSPS) is 16.0. The van der Waals surface area contributed by atoms with Crippen LogP contribution in [0.25, 0.3) is 0 Å². The molecule has 1 aliphatic rings. The Morgan fingerprint density at radius 3 is 2.71 bits per heavy atom. The van der Waals surface area contributed by atoms with Gasteiger partial charge < -0.3 is 9.47 Å². The minimum atomic E-state index is -3.75. The molecule has 1 aromatic rings. The van der Waals surface area contributed by atoms with Crippen molar-refractivity contribution in [3.63, 3.8) is 0 Å². The predicted molar refractivity (Wildman–Crippen MR) is 85.9 cm³/mol. The number of amides is 1. The fourth-order valence-corrected chi connectivity index (χ4v) is 3.80. The van der Waals surface area contributed by atoms with Crippen molar-refractivity contribution in [3.05, 3.63) is 28.5 Å². The van der Waals surface area contributed by atoms with Crippen LogP contribution in [0.1, 0.15) is 23.2 Å². The van der Waals surface area contributed by atoms with Crippen LogP contribution in [0.3, 0.4) is 0 Å². The van der Waals surface area contributed by atoms with Gasteiger partial charge in [-0.1, -0.05) is 11.6 Å². The molecule has 1 aliphatic heterocycles. The first kappa shape index (κ1) is 18.9. The Hall–Kier alpha value is -1.42. The van der Waals surface area contributed by atoms with Crippen LogP contribution in [0, 0.1) is 11.7 Å². The van der Waals surface area contributed by atoms with E-state index in [1.807, 2.05) is 10.3 Å². The van der Waals surface area contributed by atoms with Crippen molar-refractivity contribution < 1.29 is 27.1 Å². The summed E-state index contributed by atoms with van der Waals surface area (Å²) in [5.74, 6) is -1.94. The van der Waals surface area contributed by atoms with Gasteiger partial charge in [-0.05, 0) is 24.8 Å². The predicted octanol–water partition coefficient (Wildman–Crippen LogP) is 1.48. The van der Waals surface area contributed by atoms with Gasteiger partial charge in [0.2, 0.25) is 10.0 Å². The topological polar surface area (TPSA) is 93.7 Å². The lowest BCUT2D eigenvalue weighted by Gasteiger charge is -2.21. The first-order valence-electron chi connectivity index (χ1n) is 7.23. The zero-order valence-corrected chi connectivity index (χ0v) is 14.5. The van der Waals surface area contributed by atoms with Crippen molar-refractivity contribution in [2.24, 2.45) is 5.92 Å². The highest BCUT2D eigenvalue weighted by molar-refractivity contribution is 7.89. The number of nitrogens with one attached hydrogen (secondary N) is 2. The molecule has 10 heteroatoms. The highest BCUT2D eigenvalue weighted by atomic mass is 35.5. The third-order valence-electron chi connectivity index (χ3n) is 3.60. The van der Waals surface area contributed by atoms with E-state index in [0.717, 1.165) is 6.07 Å². The number of halogens is 2. The zero-order chi connectivity index (χ0) is 17.7. The molecule has 1 fully saturated rings. The van der Waals surface area contributed by atoms with E-state index in [-0.39, 0.29) is 22.4 Å². The molecule has 134 valence electrons. The first-order chi connectivity index (χ1) is 11.3. The lowest BCUT2D eigenvalue weighted by Crippen LogP contribution is -2.44. The summed E-state index contributed by atoms with van der Waals surface area (Å²) in [7, 11) is -2.41. The molecule has 0 atom stereocenters. The number of ether oxygens (including phenoxy) is 2. The number of hydrogen-bond acceptors (Lipinski definition) is 5.